The van der Waals surface area contributed by atoms with Crippen molar-refractivity contribution in [2.24, 2.45) is 7.05 Å². The molecule has 1 aromatic carbocycles. The number of aromatic nitrogens is 3. The number of nitrogens with one attached hydrogen (secondary N) is 1. The number of fused-ring (bicyclic) bond motifs is 2. The molecular weight excluding hydrogens is 398 g/mol. The molecule has 0 radical (unpaired) electrons. The summed E-state index contributed by atoms with van der Waals surface area (Å²) >= 11 is 0. The highest BCUT2D eigenvalue weighted by atomic mass is 16.3. The van der Waals surface area contributed by atoms with Crippen molar-refractivity contribution in [1.29, 1.82) is 0 Å². The smallest absolute Gasteiger partial charge is 0.181 e. The molecule has 166 valence electrons. The van der Waals surface area contributed by atoms with E-state index < -0.39 is 6.10 Å². The van der Waals surface area contributed by atoms with Crippen LogP contribution < -0.4 is 5.32 Å². The van der Waals surface area contributed by atoms with Gasteiger partial charge in [0, 0.05) is 56.1 Å². The highest BCUT2D eigenvalue weighted by Crippen LogP contribution is 2.20. The molecule has 0 saturated carbocycles. The summed E-state index contributed by atoms with van der Waals surface area (Å²) in [6.07, 6.45) is 8.32. The van der Waals surface area contributed by atoms with Crippen LogP contribution in [0.15, 0.2) is 73.1 Å². The van der Waals surface area contributed by atoms with E-state index in [0.717, 1.165) is 41.9 Å². The number of pyridine rings is 1. The Kier molecular flexibility index (Phi) is 6.83. The van der Waals surface area contributed by atoms with Crippen LogP contribution in [-0.4, -0.2) is 50.5 Å². The van der Waals surface area contributed by atoms with Gasteiger partial charge >= 0.3 is 0 Å². The molecule has 3 aromatic rings. The van der Waals surface area contributed by atoms with Gasteiger partial charge in [-0.1, -0.05) is 43.0 Å². The Bertz CT molecular complexity index is 1160. The second kappa shape index (κ2) is 9.94. The topological polar surface area (TPSA) is 66.2 Å². The van der Waals surface area contributed by atoms with Gasteiger partial charge in [-0.25, -0.2) is 4.98 Å². The van der Waals surface area contributed by atoms with Gasteiger partial charge in [-0.2, -0.15) is 5.10 Å². The third-order valence-electron chi connectivity index (χ3n) is 5.84. The van der Waals surface area contributed by atoms with Crippen LogP contribution in [0.5, 0.6) is 0 Å². The Balaban J connectivity index is 1.37. The number of allylic oxidation sites excluding steroid dienone is 4. The van der Waals surface area contributed by atoms with Gasteiger partial charge in [0.1, 0.15) is 0 Å². The summed E-state index contributed by atoms with van der Waals surface area (Å²) in [7, 11) is 1.89. The van der Waals surface area contributed by atoms with Crippen molar-refractivity contribution in [3.63, 3.8) is 0 Å². The Morgan fingerprint density at radius 2 is 2.06 bits per heavy atom. The first kappa shape index (κ1) is 22.0. The maximum Gasteiger partial charge on any atom is 0.181 e. The Labute approximate surface area is 189 Å². The van der Waals surface area contributed by atoms with Gasteiger partial charge in [0.2, 0.25) is 0 Å². The number of hydrogen-bond acceptors (Lipinski definition) is 5. The largest absolute Gasteiger partial charge is 0.390 e. The van der Waals surface area contributed by atoms with Gasteiger partial charge in [0.15, 0.2) is 5.65 Å². The summed E-state index contributed by atoms with van der Waals surface area (Å²) in [5, 5.41) is 19.4. The van der Waals surface area contributed by atoms with Gasteiger partial charge < -0.3 is 10.4 Å². The molecule has 0 saturated heterocycles. The molecule has 6 heteroatoms. The summed E-state index contributed by atoms with van der Waals surface area (Å²) in [5.41, 5.74) is 6.15. The molecule has 1 unspecified atom stereocenters. The molecule has 6 nitrogen and oxygen atoms in total. The number of β-amino-alcohol motifs (C(OH)–C–C–N with tert-alkyl or cyclic N) is 1. The molecule has 3 heterocycles. The second-order valence-corrected chi connectivity index (χ2v) is 8.25. The zero-order valence-corrected chi connectivity index (χ0v) is 18.8. The van der Waals surface area contributed by atoms with Crippen molar-refractivity contribution >= 4 is 16.6 Å². The lowest BCUT2D eigenvalue weighted by Gasteiger charge is -2.30. The number of aliphatic hydroxyl groups is 1. The molecule has 1 atom stereocenters. The average molecular weight is 430 g/mol. The molecule has 32 heavy (non-hydrogen) atoms. The van der Waals surface area contributed by atoms with Gasteiger partial charge in [-0.15, -0.1) is 0 Å². The van der Waals surface area contributed by atoms with Crippen LogP contribution in [0.3, 0.4) is 0 Å². The molecular formula is C26H31N5O. The minimum atomic E-state index is -0.459. The predicted molar refractivity (Wildman–Crippen MR) is 130 cm³/mol. The molecule has 4 rings (SSSR count). The third-order valence-corrected chi connectivity index (χ3v) is 5.84. The average Bonchev–Trinajstić information content (AvgIpc) is 3.18. The monoisotopic (exact) mass is 429 g/mol. The predicted octanol–water partition coefficient (Wildman–Crippen LogP) is 3.45. The third kappa shape index (κ3) is 5.15. The minimum Gasteiger partial charge on any atom is -0.390 e. The van der Waals surface area contributed by atoms with E-state index in [4.69, 9.17) is 0 Å². The number of benzene rings is 1. The van der Waals surface area contributed by atoms with Gasteiger partial charge in [-0.3, -0.25) is 9.58 Å². The van der Waals surface area contributed by atoms with Crippen LogP contribution in [0, 0.1) is 0 Å². The zero-order valence-electron chi connectivity index (χ0n) is 18.8. The highest BCUT2D eigenvalue weighted by molar-refractivity contribution is 5.80. The van der Waals surface area contributed by atoms with Crippen molar-refractivity contribution < 1.29 is 5.11 Å². The second-order valence-electron chi connectivity index (χ2n) is 8.25. The summed E-state index contributed by atoms with van der Waals surface area (Å²) in [6.45, 7) is 8.93. The number of hydrogen-bond donors (Lipinski definition) is 2. The van der Waals surface area contributed by atoms with Crippen molar-refractivity contribution in [1.82, 2.24) is 25.0 Å². The lowest BCUT2D eigenvalue weighted by Crippen LogP contribution is -2.40. The lowest BCUT2D eigenvalue weighted by atomic mass is 10.00. The Morgan fingerprint density at radius 3 is 2.84 bits per heavy atom. The van der Waals surface area contributed by atoms with Crippen molar-refractivity contribution in [2.45, 2.75) is 26.0 Å². The number of aliphatic hydroxyl groups excluding tert-OH is 1. The molecule has 1 aliphatic rings. The summed E-state index contributed by atoms with van der Waals surface area (Å²) in [5.74, 6) is 0. The summed E-state index contributed by atoms with van der Waals surface area (Å²) < 4.78 is 1.76. The number of rotatable bonds is 8. The van der Waals surface area contributed by atoms with E-state index in [1.807, 2.05) is 44.5 Å². The van der Waals surface area contributed by atoms with Gasteiger partial charge in [0.25, 0.3) is 0 Å². The van der Waals surface area contributed by atoms with Crippen molar-refractivity contribution in [3.8, 4) is 0 Å². The molecule has 1 aliphatic heterocycles. The SMILES string of the molecule is C=C/C(=C\C(=C/C)NCC(O)CN1CCc2ccccc2C1)c1ccc2cn(C)nc2n1. The maximum atomic E-state index is 10.6. The normalized spacial score (nSPS) is 16.1. The van der Waals surface area contributed by atoms with E-state index in [-0.39, 0.29) is 0 Å². The van der Waals surface area contributed by atoms with Crippen LogP contribution in [-0.2, 0) is 20.0 Å². The van der Waals surface area contributed by atoms with E-state index in [1.54, 1.807) is 10.8 Å². The molecule has 0 aliphatic carbocycles. The summed E-state index contributed by atoms with van der Waals surface area (Å²) in [4.78, 5) is 6.98. The van der Waals surface area contributed by atoms with Crippen molar-refractivity contribution in [3.05, 3.63) is 89.9 Å². The number of nitrogens with zero attached hydrogens (tertiary/aromatic N) is 4. The molecule has 0 amide bonds. The van der Waals surface area contributed by atoms with Crippen LogP contribution in [0.1, 0.15) is 23.7 Å². The zero-order chi connectivity index (χ0) is 22.5. The standard InChI is InChI=1S/C26H31N5O/c1-4-19(25-11-10-22-16-30(3)29-26(22)28-25)14-23(5-2)27-15-24(32)18-31-13-12-20-8-6-7-9-21(20)17-31/h4-11,14,16,24,27,32H,1,12-13,15,17-18H2,2-3H3/b19-14+,23-5+. The van der Waals surface area contributed by atoms with Crippen LogP contribution in [0.4, 0.5) is 0 Å². The molecule has 2 N–H and O–H groups in total. The highest BCUT2D eigenvalue weighted by Gasteiger charge is 2.18. The fourth-order valence-corrected chi connectivity index (χ4v) is 4.13. The lowest BCUT2D eigenvalue weighted by molar-refractivity contribution is 0.106. The first-order valence-corrected chi connectivity index (χ1v) is 11.1. The fraction of sp³-hybridized carbons (Fsp3) is 0.308. The maximum absolute atomic E-state index is 10.6. The fourth-order valence-electron chi connectivity index (χ4n) is 4.13. The first-order chi connectivity index (χ1) is 15.6. The van der Waals surface area contributed by atoms with E-state index in [0.29, 0.717) is 18.7 Å². The quantitative estimate of drug-likeness (QED) is 0.537. The van der Waals surface area contributed by atoms with Crippen LogP contribution in [0.2, 0.25) is 0 Å². The summed E-state index contributed by atoms with van der Waals surface area (Å²) in [6, 6.07) is 12.6. The van der Waals surface area contributed by atoms with Crippen molar-refractivity contribution in [2.75, 3.05) is 19.6 Å². The van der Waals surface area contributed by atoms with Gasteiger partial charge in [0.05, 0.1) is 11.8 Å². The first-order valence-electron chi connectivity index (χ1n) is 11.1. The van der Waals surface area contributed by atoms with E-state index in [2.05, 4.69) is 51.1 Å². The Hall–Kier alpha value is -3.22. The van der Waals surface area contributed by atoms with E-state index >= 15 is 0 Å². The minimum absolute atomic E-state index is 0.459. The van der Waals surface area contributed by atoms with E-state index in [9.17, 15) is 5.11 Å². The van der Waals surface area contributed by atoms with Crippen LogP contribution >= 0.6 is 0 Å². The molecule has 0 fully saturated rings. The Morgan fingerprint density at radius 1 is 1.25 bits per heavy atom. The van der Waals surface area contributed by atoms with E-state index in [1.165, 1.54) is 11.1 Å². The van der Waals surface area contributed by atoms with Crippen LogP contribution in [0.25, 0.3) is 16.6 Å². The number of aryl methyl sites for hydroxylation is 1. The molecule has 0 spiro atoms. The van der Waals surface area contributed by atoms with Gasteiger partial charge in [-0.05, 0) is 42.7 Å². The molecule has 0 bridgehead atoms. The molecule has 2 aromatic heterocycles.